The SMILES string of the molecule is COC(C)COc1ccc2ccc(OCC3CO3)cc2c1Cc1c(OCC2CO2)ccc2ccc(OC[C@@H]3CO3)cc12. The van der Waals surface area contributed by atoms with E-state index in [4.69, 9.17) is 37.9 Å². The molecule has 0 aliphatic carbocycles. The summed E-state index contributed by atoms with van der Waals surface area (Å²) in [6.45, 7) is 6.28. The van der Waals surface area contributed by atoms with Gasteiger partial charge in [0.25, 0.3) is 0 Å². The van der Waals surface area contributed by atoms with Crippen molar-refractivity contribution in [2.45, 2.75) is 37.8 Å². The van der Waals surface area contributed by atoms with E-state index in [0.717, 1.165) is 75.5 Å². The van der Waals surface area contributed by atoms with Gasteiger partial charge in [-0.25, -0.2) is 0 Å². The summed E-state index contributed by atoms with van der Waals surface area (Å²) in [7, 11) is 1.70. The molecule has 4 aromatic rings. The van der Waals surface area contributed by atoms with Gasteiger partial charge in [-0.3, -0.25) is 0 Å². The van der Waals surface area contributed by atoms with E-state index >= 15 is 0 Å². The molecule has 0 bridgehead atoms. The van der Waals surface area contributed by atoms with Crippen LogP contribution in [0.15, 0.2) is 60.7 Å². The summed E-state index contributed by atoms with van der Waals surface area (Å²) in [6, 6.07) is 20.7. The van der Waals surface area contributed by atoms with E-state index < -0.39 is 0 Å². The summed E-state index contributed by atoms with van der Waals surface area (Å²) in [5.74, 6) is 3.25. The molecular formula is C34H36O8. The molecule has 4 atom stereocenters. The molecule has 0 saturated carbocycles. The lowest BCUT2D eigenvalue weighted by molar-refractivity contribution is 0.0714. The molecule has 8 nitrogen and oxygen atoms in total. The molecule has 220 valence electrons. The number of hydrogen-bond acceptors (Lipinski definition) is 8. The molecule has 3 aliphatic rings. The quantitative estimate of drug-likeness (QED) is 0.177. The molecule has 0 N–H and O–H groups in total. The van der Waals surface area contributed by atoms with Crippen molar-refractivity contribution >= 4 is 21.5 Å². The first kappa shape index (κ1) is 27.3. The highest BCUT2D eigenvalue weighted by Gasteiger charge is 2.26. The number of fused-ring (bicyclic) bond motifs is 2. The number of rotatable bonds is 15. The Morgan fingerprint density at radius 1 is 0.643 bits per heavy atom. The van der Waals surface area contributed by atoms with Crippen molar-refractivity contribution in [2.75, 3.05) is 53.4 Å². The summed E-state index contributed by atoms with van der Waals surface area (Å²) in [5.41, 5.74) is 2.12. The van der Waals surface area contributed by atoms with Crippen molar-refractivity contribution in [1.29, 1.82) is 0 Å². The third-order valence-corrected chi connectivity index (χ3v) is 7.86. The highest BCUT2D eigenvalue weighted by Crippen LogP contribution is 2.39. The van der Waals surface area contributed by atoms with Crippen LogP contribution in [-0.4, -0.2) is 77.8 Å². The molecular weight excluding hydrogens is 536 g/mol. The lowest BCUT2D eigenvalue weighted by atomic mass is 9.93. The minimum Gasteiger partial charge on any atom is -0.491 e. The summed E-state index contributed by atoms with van der Waals surface area (Å²) in [6.07, 6.45) is 1.03. The molecule has 0 spiro atoms. The molecule has 8 heteroatoms. The van der Waals surface area contributed by atoms with Gasteiger partial charge in [0, 0.05) is 24.7 Å². The highest BCUT2D eigenvalue weighted by molar-refractivity contribution is 5.93. The molecule has 3 fully saturated rings. The third kappa shape index (κ3) is 6.57. The predicted molar refractivity (Wildman–Crippen MR) is 158 cm³/mol. The second-order valence-electron chi connectivity index (χ2n) is 11.2. The fourth-order valence-electron chi connectivity index (χ4n) is 5.00. The van der Waals surface area contributed by atoms with Gasteiger partial charge < -0.3 is 37.9 Å². The van der Waals surface area contributed by atoms with Gasteiger partial charge in [-0.15, -0.1) is 0 Å². The molecule has 3 saturated heterocycles. The molecule has 0 aromatic heterocycles. The summed E-state index contributed by atoms with van der Waals surface area (Å²) >= 11 is 0. The first-order valence-corrected chi connectivity index (χ1v) is 14.6. The molecule has 0 radical (unpaired) electrons. The number of benzene rings is 4. The Balaban J connectivity index is 1.31. The van der Waals surface area contributed by atoms with Crippen LogP contribution in [0.25, 0.3) is 21.5 Å². The molecule has 3 heterocycles. The molecule has 7 rings (SSSR count). The normalized spacial score (nSPS) is 21.2. The number of epoxide rings is 3. The van der Waals surface area contributed by atoms with Gasteiger partial charge in [-0.1, -0.05) is 24.3 Å². The van der Waals surface area contributed by atoms with Crippen LogP contribution < -0.4 is 18.9 Å². The van der Waals surface area contributed by atoms with Gasteiger partial charge in [0.1, 0.15) is 67.7 Å². The first-order valence-electron chi connectivity index (χ1n) is 14.6. The van der Waals surface area contributed by atoms with Gasteiger partial charge >= 0.3 is 0 Å². The van der Waals surface area contributed by atoms with E-state index in [-0.39, 0.29) is 24.4 Å². The van der Waals surface area contributed by atoms with E-state index in [2.05, 4.69) is 42.5 Å². The Hall–Kier alpha value is -3.56. The van der Waals surface area contributed by atoms with Crippen molar-refractivity contribution in [3.8, 4) is 23.0 Å². The van der Waals surface area contributed by atoms with Crippen LogP contribution in [0.2, 0.25) is 0 Å². The fourth-order valence-corrected chi connectivity index (χ4v) is 5.00. The summed E-state index contributed by atoms with van der Waals surface area (Å²) < 4.78 is 46.5. The maximum Gasteiger partial charge on any atom is 0.123 e. The average molecular weight is 573 g/mol. The molecule has 42 heavy (non-hydrogen) atoms. The Bertz CT molecular complexity index is 1550. The van der Waals surface area contributed by atoms with E-state index in [1.807, 2.05) is 25.1 Å². The Labute approximate surface area is 245 Å². The molecule has 0 amide bonds. The number of ether oxygens (including phenoxy) is 8. The lowest BCUT2D eigenvalue weighted by Crippen LogP contribution is -2.16. The van der Waals surface area contributed by atoms with Crippen LogP contribution in [0.5, 0.6) is 23.0 Å². The second kappa shape index (κ2) is 12.0. The van der Waals surface area contributed by atoms with Crippen LogP contribution in [0.1, 0.15) is 18.1 Å². The lowest BCUT2D eigenvalue weighted by Gasteiger charge is -2.20. The summed E-state index contributed by atoms with van der Waals surface area (Å²) in [4.78, 5) is 0. The largest absolute Gasteiger partial charge is 0.491 e. The number of hydrogen-bond donors (Lipinski definition) is 0. The van der Waals surface area contributed by atoms with Crippen LogP contribution in [0.3, 0.4) is 0 Å². The average Bonchev–Trinajstić information content (AvgIpc) is 3.87. The van der Waals surface area contributed by atoms with Crippen molar-refractivity contribution in [3.05, 3.63) is 71.8 Å². The third-order valence-electron chi connectivity index (χ3n) is 7.86. The van der Waals surface area contributed by atoms with Crippen molar-refractivity contribution < 1.29 is 37.9 Å². The monoisotopic (exact) mass is 572 g/mol. The zero-order valence-electron chi connectivity index (χ0n) is 24.0. The van der Waals surface area contributed by atoms with Gasteiger partial charge in [0.05, 0.1) is 25.9 Å². The second-order valence-corrected chi connectivity index (χ2v) is 11.2. The standard InChI is InChI=1S/C34H36O8/c1-21(35-2)14-41-33-9-5-22-3-7-24(36-15-26-17-38-26)11-29(22)31(33)13-32-30-12-25(37-16-27-18-39-27)8-4-23(30)6-10-34(32)42-20-28-19-40-28/h3-12,21,26-28H,13-20H2,1-2H3/t21?,26?,27-,28?/m1/s1. The van der Waals surface area contributed by atoms with E-state index in [0.29, 0.717) is 32.8 Å². The van der Waals surface area contributed by atoms with Crippen molar-refractivity contribution in [3.63, 3.8) is 0 Å². The van der Waals surface area contributed by atoms with Crippen molar-refractivity contribution in [1.82, 2.24) is 0 Å². The van der Waals surface area contributed by atoms with Crippen LogP contribution in [0.4, 0.5) is 0 Å². The van der Waals surface area contributed by atoms with Crippen molar-refractivity contribution in [2.24, 2.45) is 0 Å². The first-order chi connectivity index (χ1) is 20.6. The van der Waals surface area contributed by atoms with Gasteiger partial charge in [0.2, 0.25) is 0 Å². The zero-order valence-corrected chi connectivity index (χ0v) is 24.0. The Morgan fingerprint density at radius 3 is 1.57 bits per heavy atom. The Kier molecular flexibility index (Phi) is 7.78. The van der Waals surface area contributed by atoms with Crippen LogP contribution >= 0.6 is 0 Å². The number of methoxy groups -OCH3 is 1. The highest BCUT2D eigenvalue weighted by atomic mass is 16.6. The minimum absolute atomic E-state index is 0.0492. The van der Waals surface area contributed by atoms with Gasteiger partial charge in [-0.05, 0) is 64.9 Å². The maximum absolute atomic E-state index is 6.39. The van der Waals surface area contributed by atoms with Crippen LogP contribution in [0, 0.1) is 0 Å². The van der Waals surface area contributed by atoms with Gasteiger partial charge in [0.15, 0.2) is 0 Å². The smallest absolute Gasteiger partial charge is 0.123 e. The van der Waals surface area contributed by atoms with Gasteiger partial charge in [-0.2, -0.15) is 0 Å². The topological polar surface area (TPSA) is 83.7 Å². The summed E-state index contributed by atoms with van der Waals surface area (Å²) in [5, 5.41) is 4.36. The maximum atomic E-state index is 6.39. The predicted octanol–water partition coefficient (Wildman–Crippen LogP) is 5.33. The molecule has 4 aromatic carbocycles. The zero-order chi connectivity index (χ0) is 28.5. The van der Waals surface area contributed by atoms with Crippen LogP contribution in [-0.2, 0) is 25.4 Å². The van der Waals surface area contributed by atoms with E-state index in [9.17, 15) is 0 Å². The van der Waals surface area contributed by atoms with E-state index in [1.165, 1.54) is 0 Å². The Morgan fingerprint density at radius 2 is 1.10 bits per heavy atom. The fraction of sp³-hybridized carbons (Fsp3) is 0.412. The molecule has 3 unspecified atom stereocenters. The molecule has 3 aliphatic heterocycles. The minimum atomic E-state index is -0.0492. The van der Waals surface area contributed by atoms with E-state index in [1.54, 1.807) is 7.11 Å².